The molecule has 3 rings (SSSR count). The van der Waals surface area contributed by atoms with Crippen molar-refractivity contribution in [1.82, 2.24) is 14.8 Å². The largest absolute Gasteiger partial charge is 0.493 e. The van der Waals surface area contributed by atoms with Crippen molar-refractivity contribution >= 4 is 17.3 Å². The first-order valence-corrected chi connectivity index (χ1v) is 10.5. The summed E-state index contributed by atoms with van der Waals surface area (Å²) in [5.74, 6) is 1.31. The van der Waals surface area contributed by atoms with Gasteiger partial charge in [-0.3, -0.25) is 9.36 Å². The number of rotatable bonds is 7. The lowest BCUT2D eigenvalue weighted by molar-refractivity contribution is 0.354. The van der Waals surface area contributed by atoms with Crippen molar-refractivity contribution in [1.29, 1.82) is 0 Å². The van der Waals surface area contributed by atoms with Gasteiger partial charge in [0.15, 0.2) is 22.3 Å². The molecule has 0 bridgehead atoms. The summed E-state index contributed by atoms with van der Waals surface area (Å²) in [5, 5.41) is 9.64. The van der Waals surface area contributed by atoms with Crippen LogP contribution in [0.2, 0.25) is 0 Å². The summed E-state index contributed by atoms with van der Waals surface area (Å²) in [6.07, 6.45) is 6.26. The Morgan fingerprint density at radius 2 is 1.93 bits per heavy atom. The van der Waals surface area contributed by atoms with E-state index < -0.39 is 0 Å². The van der Waals surface area contributed by atoms with Crippen molar-refractivity contribution in [2.45, 2.75) is 56.5 Å². The van der Waals surface area contributed by atoms with Crippen molar-refractivity contribution < 1.29 is 9.47 Å². The van der Waals surface area contributed by atoms with Crippen LogP contribution in [0.1, 0.15) is 50.8 Å². The number of ether oxygens (including phenoxy) is 2. The molecule has 0 saturated carbocycles. The molecule has 0 spiro atoms. The minimum absolute atomic E-state index is 0.0823. The fraction of sp³-hybridized carbons (Fsp3) is 0.476. The van der Waals surface area contributed by atoms with Crippen LogP contribution < -0.4 is 15.0 Å². The zero-order chi connectivity index (χ0) is 20.1. The minimum atomic E-state index is -0.0823. The van der Waals surface area contributed by atoms with Gasteiger partial charge in [-0.25, -0.2) is 0 Å². The van der Waals surface area contributed by atoms with E-state index >= 15 is 0 Å². The van der Waals surface area contributed by atoms with Crippen molar-refractivity contribution in [3.05, 3.63) is 45.9 Å². The van der Waals surface area contributed by atoms with Crippen LogP contribution in [0.15, 0.2) is 34.2 Å². The van der Waals surface area contributed by atoms with Crippen molar-refractivity contribution in [3.8, 4) is 11.5 Å². The van der Waals surface area contributed by atoms with Crippen molar-refractivity contribution in [2.75, 3.05) is 14.2 Å². The van der Waals surface area contributed by atoms with E-state index in [1.54, 1.807) is 30.5 Å². The molecule has 0 unspecified atom stereocenters. The molecule has 0 N–H and O–H groups in total. The molecule has 28 heavy (non-hydrogen) atoms. The minimum Gasteiger partial charge on any atom is -0.493 e. The lowest BCUT2D eigenvalue weighted by atomic mass is 9.97. The molecule has 0 saturated heterocycles. The number of methoxy groups -OCH3 is 2. The molecular weight excluding hydrogens is 374 g/mol. The number of aromatic nitrogens is 3. The maximum atomic E-state index is 13.3. The van der Waals surface area contributed by atoms with E-state index in [2.05, 4.69) is 30.1 Å². The first-order valence-electron chi connectivity index (χ1n) is 9.58. The predicted octanol–water partition coefficient (Wildman–Crippen LogP) is 4.16. The zero-order valence-electron chi connectivity index (χ0n) is 16.9. The smallest absolute Gasteiger partial charge is 0.280 e. The molecule has 1 heterocycles. The second-order valence-electron chi connectivity index (χ2n) is 7.05. The fourth-order valence-corrected chi connectivity index (χ4v) is 4.04. The van der Waals surface area contributed by atoms with E-state index in [9.17, 15) is 4.79 Å². The average Bonchev–Trinajstić information content (AvgIpc) is 2.71. The van der Waals surface area contributed by atoms with Gasteiger partial charge in [0, 0.05) is 5.25 Å². The molecule has 7 heteroatoms. The number of hydrogen-bond donors (Lipinski definition) is 0. The van der Waals surface area contributed by atoms with Gasteiger partial charge in [0.05, 0.1) is 20.8 Å². The maximum absolute atomic E-state index is 13.3. The van der Waals surface area contributed by atoms with Crippen LogP contribution in [0.4, 0.5) is 0 Å². The maximum Gasteiger partial charge on any atom is 0.280 e. The molecular formula is C21H27N3O3S. The molecule has 1 aromatic carbocycles. The lowest BCUT2D eigenvalue weighted by Crippen LogP contribution is -2.29. The third-order valence-corrected chi connectivity index (χ3v) is 5.62. The standard InChI is InChI=1S/C21H27N3O3S/c1-14(2)28-21-23-22-19(16-8-6-5-7-9-16)20(25)24(21)13-15-10-11-17(26-3)18(12-15)27-4/h8,10-12,14H,5-7,9,13H2,1-4H3. The fourth-order valence-electron chi connectivity index (χ4n) is 3.26. The monoisotopic (exact) mass is 401 g/mol. The quantitative estimate of drug-likeness (QED) is 0.649. The third kappa shape index (κ3) is 4.58. The Morgan fingerprint density at radius 3 is 2.57 bits per heavy atom. The second-order valence-corrected chi connectivity index (χ2v) is 8.60. The van der Waals surface area contributed by atoms with Gasteiger partial charge in [0.2, 0.25) is 0 Å². The molecule has 0 atom stereocenters. The summed E-state index contributed by atoms with van der Waals surface area (Å²) in [4.78, 5) is 13.3. The summed E-state index contributed by atoms with van der Waals surface area (Å²) < 4.78 is 12.4. The Bertz CT molecular complexity index is 922. The molecule has 0 amide bonds. The van der Waals surface area contributed by atoms with E-state index in [1.807, 2.05) is 18.2 Å². The van der Waals surface area contributed by atoms with Gasteiger partial charge < -0.3 is 9.47 Å². The predicted molar refractivity (Wildman–Crippen MR) is 112 cm³/mol. The van der Waals surface area contributed by atoms with Gasteiger partial charge in [-0.15, -0.1) is 10.2 Å². The van der Waals surface area contributed by atoms with Crippen molar-refractivity contribution in [3.63, 3.8) is 0 Å². The number of allylic oxidation sites excluding steroid dienone is 2. The van der Waals surface area contributed by atoms with Crippen LogP contribution in [-0.2, 0) is 6.54 Å². The highest BCUT2D eigenvalue weighted by Gasteiger charge is 2.18. The SMILES string of the molecule is COc1ccc(Cn2c(SC(C)C)nnc(C3=CCCCC3)c2=O)cc1OC. The van der Waals surface area contributed by atoms with Gasteiger partial charge in [-0.05, 0) is 49.0 Å². The summed E-state index contributed by atoms with van der Waals surface area (Å²) in [6.45, 7) is 4.56. The van der Waals surface area contributed by atoms with Crippen LogP contribution in [0.5, 0.6) is 11.5 Å². The zero-order valence-corrected chi connectivity index (χ0v) is 17.7. The average molecular weight is 402 g/mol. The van der Waals surface area contributed by atoms with Crippen LogP contribution in [0, 0.1) is 0 Å². The molecule has 0 fully saturated rings. The topological polar surface area (TPSA) is 66.2 Å². The van der Waals surface area contributed by atoms with Crippen molar-refractivity contribution in [2.24, 2.45) is 0 Å². The first kappa shape index (κ1) is 20.5. The first-order chi connectivity index (χ1) is 13.5. The summed E-state index contributed by atoms with van der Waals surface area (Å²) in [6, 6.07) is 5.69. The van der Waals surface area contributed by atoms with Crippen LogP contribution in [-0.4, -0.2) is 34.2 Å². The number of nitrogens with zero attached hydrogens (tertiary/aromatic N) is 3. The molecule has 1 aliphatic rings. The Kier molecular flexibility index (Phi) is 6.78. The Balaban J connectivity index is 2.04. The van der Waals surface area contributed by atoms with Crippen LogP contribution in [0.25, 0.3) is 5.57 Å². The molecule has 6 nitrogen and oxygen atoms in total. The highest BCUT2D eigenvalue weighted by Crippen LogP contribution is 2.29. The van der Waals surface area contributed by atoms with Gasteiger partial charge in [0.25, 0.3) is 5.56 Å². The lowest BCUT2D eigenvalue weighted by Gasteiger charge is -2.17. The summed E-state index contributed by atoms with van der Waals surface area (Å²) in [7, 11) is 3.21. The normalized spacial score (nSPS) is 14.1. The Morgan fingerprint density at radius 1 is 1.14 bits per heavy atom. The molecule has 0 aliphatic heterocycles. The Labute approximate surface area is 170 Å². The van der Waals surface area contributed by atoms with Gasteiger partial charge in [0.1, 0.15) is 0 Å². The number of hydrogen-bond acceptors (Lipinski definition) is 6. The van der Waals surface area contributed by atoms with E-state index in [1.165, 1.54) is 0 Å². The third-order valence-electron chi connectivity index (χ3n) is 4.64. The van der Waals surface area contributed by atoms with Gasteiger partial charge in [-0.2, -0.15) is 0 Å². The number of benzene rings is 1. The van der Waals surface area contributed by atoms with Crippen LogP contribution in [0.3, 0.4) is 0 Å². The second kappa shape index (κ2) is 9.28. The molecule has 2 aromatic rings. The highest BCUT2D eigenvalue weighted by atomic mass is 32.2. The molecule has 0 radical (unpaired) electrons. The van der Waals surface area contributed by atoms with Crippen LogP contribution >= 0.6 is 11.8 Å². The summed E-state index contributed by atoms with van der Waals surface area (Å²) in [5.41, 5.74) is 2.36. The summed E-state index contributed by atoms with van der Waals surface area (Å²) >= 11 is 1.55. The van der Waals surface area contributed by atoms with E-state index in [0.29, 0.717) is 34.1 Å². The van der Waals surface area contributed by atoms with Gasteiger partial charge in [-0.1, -0.05) is 37.8 Å². The van der Waals surface area contributed by atoms with E-state index in [4.69, 9.17) is 9.47 Å². The molecule has 1 aromatic heterocycles. The van der Waals surface area contributed by atoms with E-state index in [0.717, 1.165) is 36.8 Å². The Hall–Kier alpha value is -2.28. The van der Waals surface area contributed by atoms with Gasteiger partial charge >= 0.3 is 0 Å². The highest BCUT2D eigenvalue weighted by molar-refractivity contribution is 7.99. The molecule has 1 aliphatic carbocycles. The van der Waals surface area contributed by atoms with E-state index in [-0.39, 0.29) is 5.56 Å². The molecule has 150 valence electrons. The number of thioether (sulfide) groups is 1.